The molecule has 6 heteroatoms. The third-order valence-electron chi connectivity index (χ3n) is 5.46. The molecule has 0 bridgehead atoms. The summed E-state index contributed by atoms with van der Waals surface area (Å²) in [6.07, 6.45) is 4.88. The summed E-state index contributed by atoms with van der Waals surface area (Å²) in [7, 11) is 3.12. The van der Waals surface area contributed by atoms with E-state index < -0.39 is 12.0 Å². The molecule has 2 fully saturated rings. The number of likely N-dealkylation sites (tertiary alicyclic amines) is 1. The molecule has 136 valence electrons. The number of benzene rings is 1. The van der Waals surface area contributed by atoms with Crippen molar-refractivity contribution in [2.24, 2.45) is 5.92 Å². The topological polar surface area (TPSA) is 76.1 Å². The van der Waals surface area contributed by atoms with Gasteiger partial charge >= 0.3 is 5.97 Å². The zero-order valence-electron chi connectivity index (χ0n) is 14.7. The Labute approximate surface area is 147 Å². The van der Waals surface area contributed by atoms with Crippen molar-refractivity contribution in [3.05, 3.63) is 23.8 Å². The molecule has 1 N–H and O–H groups in total. The third-order valence-corrected chi connectivity index (χ3v) is 5.46. The number of carbonyl (C=O) groups excluding carboxylic acids is 1. The lowest BCUT2D eigenvalue weighted by molar-refractivity contribution is -0.149. The van der Waals surface area contributed by atoms with Gasteiger partial charge in [-0.25, -0.2) is 4.79 Å². The maximum Gasteiger partial charge on any atom is 0.326 e. The molecule has 3 rings (SSSR count). The molecule has 0 radical (unpaired) electrons. The first-order chi connectivity index (χ1) is 12.0. The van der Waals surface area contributed by atoms with Crippen LogP contribution >= 0.6 is 0 Å². The minimum atomic E-state index is -0.893. The molecule has 0 aromatic heterocycles. The fraction of sp³-hybridized carbons (Fsp3) is 0.579. The van der Waals surface area contributed by atoms with Gasteiger partial charge in [-0.2, -0.15) is 0 Å². The molecule has 6 nitrogen and oxygen atoms in total. The summed E-state index contributed by atoms with van der Waals surface area (Å²) in [4.78, 5) is 26.2. The Hall–Kier alpha value is -2.24. The zero-order valence-corrected chi connectivity index (χ0v) is 14.7. The van der Waals surface area contributed by atoms with Crippen LogP contribution in [0.1, 0.15) is 37.7 Å². The number of hydrogen-bond donors (Lipinski definition) is 1. The van der Waals surface area contributed by atoms with Gasteiger partial charge in [0.15, 0.2) is 11.5 Å². The molecule has 1 heterocycles. The van der Waals surface area contributed by atoms with Crippen molar-refractivity contribution in [2.75, 3.05) is 14.2 Å². The number of carboxylic acids is 1. The van der Waals surface area contributed by atoms with Gasteiger partial charge in [0.1, 0.15) is 6.04 Å². The molecule has 1 aromatic rings. The number of rotatable bonds is 5. The minimum Gasteiger partial charge on any atom is -0.493 e. The lowest BCUT2D eigenvalue weighted by Crippen LogP contribution is -2.46. The molecule has 1 aliphatic carbocycles. The molecule has 1 saturated carbocycles. The Morgan fingerprint density at radius 2 is 1.88 bits per heavy atom. The summed E-state index contributed by atoms with van der Waals surface area (Å²) in [6, 6.07) is 4.75. The zero-order chi connectivity index (χ0) is 18.0. The van der Waals surface area contributed by atoms with Crippen LogP contribution in [0.4, 0.5) is 0 Å². The number of aliphatic carboxylic acids is 1. The van der Waals surface area contributed by atoms with E-state index in [0.717, 1.165) is 31.2 Å². The Morgan fingerprint density at radius 3 is 2.56 bits per heavy atom. The van der Waals surface area contributed by atoms with Gasteiger partial charge in [-0.3, -0.25) is 4.79 Å². The molecular formula is C19H25NO5. The van der Waals surface area contributed by atoms with Crippen molar-refractivity contribution in [1.29, 1.82) is 0 Å². The molecule has 0 spiro atoms. The number of ether oxygens (including phenoxy) is 2. The smallest absolute Gasteiger partial charge is 0.326 e. The Balaban J connectivity index is 1.80. The lowest BCUT2D eigenvalue weighted by atomic mass is 9.84. The maximum atomic E-state index is 12.9. The SMILES string of the molecule is COc1ccc(CC(=O)N2C(C(=O)O)CC3CCCCC32)cc1OC. The molecule has 25 heavy (non-hydrogen) atoms. The van der Waals surface area contributed by atoms with Crippen LogP contribution in [-0.4, -0.2) is 48.2 Å². The van der Waals surface area contributed by atoms with E-state index in [2.05, 4.69) is 0 Å². The molecule has 3 atom stereocenters. The summed E-state index contributed by atoms with van der Waals surface area (Å²) >= 11 is 0. The van der Waals surface area contributed by atoms with E-state index >= 15 is 0 Å². The van der Waals surface area contributed by atoms with Gasteiger partial charge in [-0.15, -0.1) is 0 Å². The number of fused-ring (bicyclic) bond motifs is 1. The summed E-state index contributed by atoms with van der Waals surface area (Å²) in [5, 5.41) is 9.57. The van der Waals surface area contributed by atoms with Crippen LogP contribution in [0.5, 0.6) is 11.5 Å². The summed E-state index contributed by atoms with van der Waals surface area (Å²) in [6.45, 7) is 0. The fourth-order valence-corrected chi connectivity index (χ4v) is 4.30. The summed E-state index contributed by atoms with van der Waals surface area (Å²) < 4.78 is 10.5. The van der Waals surface area contributed by atoms with Crippen LogP contribution in [0.2, 0.25) is 0 Å². The highest BCUT2D eigenvalue weighted by molar-refractivity contribution is 5.86. The molecule has 1 amide bonds. The van der Waals surface area contributed by atoms with Crippen LogP contribution < -0.4 is 9.47 Å². The van der Waals surface area contributed by atoms with Gasteiger partial charge < -0.3 is 19.5 Å². The van der Waals surface area contributed by atoms with E-state index in [9.17, 15) is 14.7 Å². The van der Waals surface area contributed by atoms with Gasteiger partial charge in [0, 0.05) is 6.04 Å². The number of methoxy groups -OCH3 is 2. The first kappa shape index (κ1) is 17.6. The number of carbonyl (C=O) groups is 2. The van der Waals surface area contributed by atoms with Gasteiger partial charge in [0.05, 0.1) is 20.6 Å². The fourth-order valence-electron chi connectivity index (χ4n) is 4.30. The van der Waals surface area contributed by atoms with E-state index in [1.54, 1.807) is 31.3 Å². The molecule has 3 unspecified atom stereocenters. The van der Waals surface area contributed by atoms with Crippen molar-refractivity contribution in [3.63, 3.8) is 0 Å². The first-order valence-corrected chi connectivity index (χ1v) is 8.80. The molecule has 1 aromatic carbocycles. The van der Waals surface area contributed by atoms with Crippen LogP contribution in [0.25, 0.3) is 0 Å². The van der Waals surface area contributed by atoms with Gasteiger partial charge in [-0.1, -0.05) is 18.9 Å². The average molecular weight is 347 g/mol. The lowest BCUT2D eigenvalue weighted by Gasteiger charge is -2.33. The number of hydrogen-bond acceptors (Lipinski definition) is 4. The van der Waals surface area contributed by atoms with Crippen molar-refractivity contribution in [1.82, 2.24) is 4.90 Å². The molecular weight excluding hydrogens is 322 g/mol. The van der Waals surface area contributed by atoms with E-state index in [1.807, 2.05) is 6.07 Å². The highest BCUT2D eigenvalue weighted by atomic mass is 16.5. The van der Waals surface area contributed by atoms with E-state index in [4.69, 9.17) is 9.47 Å². The Morgan fingerprint density at radius 1 is 1.16 bits per heavy atom. The van der Waals surface area contributed by atoms with Crippen LogP contribution in [0.15, 0.2) is 18.2 Å². The van der Waals surface area contributed by atoms with Crippen molar-refractivity contribution < 1.29 is 24.2 Å². The maximum absolute atomic E-state index is 12.9. The van der Waals surface area contributed by atoms with Gasteiger partial charge in [-0.05, 0) is 42.9 Å². The van der Waals surface area contributed by atoms with Crippen LogP contribution in [-0.2, 0) is 16.0 Å². The molecule has 1 saturated heterocycles. The van der Waals surface area contributed by atoms with Crippen molar-refractivity contribution >= 4 is 11.9 Å². The summed E-state index contributed by atoms with van der Waals surface area (Å²) in [5.74, 6) is 0.489. The van der Waals surface area contributed by atoms with Crippen molar-refractivity contribution in [2.45, 2.75) is 50.6 Å². The minimum absolute atomic E-state index is 0.0718. The van der Waals surface area contributed by atoms with E-state index in [1.165, 1.54) is 0 Å². The van der Waals surface area contributed by atoms with Gasteiger partial charge in [0.2, 0.25) is 5.91 Å². The normalized spacial score (nSPS) is 25.4. The number of nitrogens with zero attached hydrogens (tertiary/aromatic N) is 1. The Kier molecular flexibility index (Phi) is 5.16. The Bertz CT molecular complexity index is 659. The highest BCUT2D eigenvalue weighted by Crippen LogP contribution is 2.40. The second kappa shape index (κ2) is 7.33. The first-order valence-electron chi connectivity index (χ1n) is 8.80. The largest absolute Gasteiger partial charge is 0.493 e. The van der Waals surface area contributed by atoms with E-state index in [-0.39, 0.29) is 18.4 Å². The van der Waals surface area contributed by atoms with E-state index in [0.29, 0.717) is 23.8 Å². The van der Waals surface area contributed by atoms with Crippen molar-refractivity contribution in [3.8, 4) is 11.5 Å². The molecule has 1 aliphatic heterocycles. The average Bonchev–Trinajstić information content (AvgIpc) is 3.01. The second-order valence-corrected chi connectivity index (χ2v) is 6.87. The number of carboxylic acid groups (broad SMARTS) is 1. The highest BCUT2D eigenvalue weighted by Gasteiger charge is 2.47. The quantitative estimate of drug-likeness (QED) is 0.886. The third kappa shape index (κ3) is 3.43. The second-order valence-electron chi connectivity index (χ2n) is 6.87. The predicted octanol–water partition coefficient (Wildman–Crippen LogP) is 2.49. The van der Waals surface area contributed by atoms with Crippen LogP contribution in [0, 0.1) is 5.92 Å². The summed E-state index contributed by atoms with van der Waals surface area (Å²) in [5.41, 5.74) is 0.797. The number of amides is 1. The predicted molar refractivity (Wildman–Crippen MR) is 91.9 cm³/mol. The van der Waals surface area contributed by atoms with Gasteiger partial charge in [0.25, 0.3) is 0 Å². The standard InChI is InChI=1S/C19H25NO5/c1-24-16-8-7-12(9-17(16)25-2)10-18(21)20-14-6-4-3-5-13(14)11-15(20)19(22)23/h7-9,13-15H,3-6,10-11H2,1-2H3,(H,22,23). The molecule has 2 aliphatic rings. The monoisotopic (exact) mass is 347 g/mol. The van der Waals surface area contributed by atoms with Crippen LogP contribution in [0.3, 0.4) is 0 Å².